The normalized spacial score (nSPS) is 21.1. The van der Waals surface area contributed by atoms with Crippen LogP contribution in [0.2, 0.25) is 0 Å². The van der Waals surface area contributed by atoms with E-state index in [4.69, 9.17) is 11.5 Å². The van der Waals surface area contributed by atoms with Gasteiger partial charge in [0.25, 0.3) is 0 Å². The third-order valence-corrected chi connectivity index (χ3v) is 4.66. The zero-order valence-corrected chi connectivity index (χ0v) is 12.1. The number of anilines is 1. The van der Waals surface area contributed by atoms with Crippen molar-refractivity contribution in [2.24, 2.45) is 5.73 Å². The van der Waals surface area contributed by atoms with Gasteiger partial charge in [0.1, 0.15) is 0 Å². The molecule has 106 valence electrons. The third-order valence-electron chi connectivity index (χ3n) is 4.66. The lowest BCUT2D eigenvalue weighted by Gasteiger charge is -2.44. The highest BCUT2D eigenvalue weighted by Gasteiger charge is 2.40. The summed E-state index contributed by atoms with van der Waals surface area (Å²) in [5, 5.41) is 0. The molecule has 0 amide bonds. The first-order valence-electron chi connectivity index (χ1n) is 7.20. The number of pyridine rings is 1. The Kier molecular flexibility index (Phi) is 4.42. The summed E-state index contributed by atoms with van der Waals surface area (Å²) >= 11 is 0. The number of aromatic nitrogens is 1. The van der Waals surface area contributed by atoms with Crippen molar-refractivity contribution in [3.05, 3.63) is 24.0 Å². The van der Waals surface area contributed by atoms with Gasteiger partial charge in [-0.2, -0.15) is 0 Å². The summed E-state index contributed by atoms with van der Waals surface area (Å²) in [6, 6.07) is 1.77. The second kappa shape index (κ2) is 5.88. The molecule has 0 aliphatic heterocycles. The fourth-order valence-corrected chi connectivity index (χ4v) is 3.34. The Morgan fingerprint density at radius 3 is 2.37 bits per heavy atom. The largest absolute Gasteiger partial charge is 0.398 e. The molecule has 0 spiro atoms. The van der Waals surface area contributed by atoms with Crippen LogP contribution in [0.4, 0.5) is 5.69 Å². The summed E-state index contributed by atoms with van der Waals surface area (Å²) in [5.41, 5.74) is 14.5. The topological polar surface area (TPSA) is 68.2 Å². The fourth-order valence-electron chi connectivity index (χ4n) is 3.34. The maximum absolute atomic E-state index is 6.61. The Morgan fingerprint density at radius 1 is 1.21 bits per heavy atom. The van der Waals surface area contributed by atoms with E-state index in [9.17, 15) is 0 Å². The number of rotatable bonds is 3. The second-order valence-electron chi connectivity index (χ2n) is 5.89. The van der Waals surface area contributed by atoms with Gasteiger partial charge in [-0.05, 0) is 33.0 Å². The Balaban J connectivity index is 2.35. The van der Waals surface area contributed by atoms with E-state index in [1.54, 1.807) is 6.20 Å². The second-order valence-corrected chi connectivity index (χ2v) is 5.89. The SMILES string of the molecule is CN(C)C1(C(N)c2cnccc2N)CCCCCC1. The molecule has 1 atom stereocenters. The number of hydrogen-bond acceptors (Lipinski definition) is 4. The average Bonchev–Trinajstić information content (AvgIpc) is 2.65. The molecule has 1 aliphatic rings. The molecule has 4 heteroatoms. The molecule has 4 nitrogen and oxygen atoms in total. The van der Waals surface area contributed by atoms with Gasteiger partial charge in [-0.1, -0.05) is 25.7 Å². The predicted molar refractivity (Wildman–Crippen MR) is 79.7 cm³/mol. The monoisotopic (exact) mass is 262 g/mol. The van der Waals surface area contributed by atoms with Crippen molar-refractivity contribution in [2.75, 3.05) is 19.8 Å². The number of hydrogen-bond donors (Lipinski definition) is 2. The van der Waals surface area contributed by atoms with Crippen LogP contribution in [0.15, 0.2) is 18.5 Å². The molecule has 1 heterocycles. The van der Waals surface area contributed by atoms with E-state index < -0.39 is 0 Å². The Hall–Kier alpha value is -1.13. The highest BCUT2D eigenvalue weighted by Crippen LogP contribution is 2.40. The molecule has 1 aliphatic carbocycles. The Morgan fingerprint density at radius 2 is 1.84 bits per heavy atom. The average molecular weight is 262 g/mol. The Bertz CT molecular complexity index is 408. The van der Waals surface area contributed by atoms with Crippen molar-refractivity contribution >= 4 is 5.69 Å². The highest BCUT2D eigenvalue weighted by atomic mass is 15.2. The molecule has 1 fully saturated rings. The molecule has 2 rings (SSSR count). The van der Waals surface area contributed by atoms with E-state index in [0.29, 0.717) is 0 Å². The molecule has 0 bridgehead atoms. The van der Waals surface area contributed by atoms with Crippen LogP contribution in [-0.4, -0.2) is 29.5 Å². The lowest BCUT2D eigenvalue weighted by molar-refractivity contribution is 0.0970. The van der Waals surface area contributed by atoms with Crippen molar-refractivity contribution in [2.45, 2.75) is 50.1 Å². The molecular formula is C15H26N4. The van der Waals surface area contributed by atoms with Gasteiger partial charge in [0.2, 0.25) is 0 Å². The molecule has 0 aromatic carbocycles. The van der Waals surface area contributed by atoms with Gasteiger partial charge in [-0.25, -0.2) is 0 Å². The number of nitrogens with two attached hydrogens (primary N) is 2. The standard InChI is InChI=1S/C15H26N4/c1-19(2)15(8-5-3-4-6-9-15)14(17)12-11-18-10-7-13(12)16/h7,10-11,14H,3-6,8-9,17H2,1-2H3,(H2,16,18). The third kappa shape index (κ3) is 2.74. The van der Waals surface area contributed by atoms with Crippen LogP contribution in [0.3, 0.4) is 0 Å². The summed E-state index contributed by atoms with van der Waals surface area (Å²) in [4.78, 5) is 6.50. The minimum atomic E-state index is -0.0747. The molecule has 1 unspecified atom stereocenters. The van der Waals surface area contributed by atoms with Crippen molar-refractivity contribution in [3.8, 4) is 0 Å². The van der Waals surface area contributed by atoms with Gasteiger partial charge in [-0.15, -0.1) is 0 Å². The van der Waals surface area contributed by atoms with Crippen LogP contribution in [0.25, 0.3) is 0 Å². The molecule has 0 saturated heterocycles. The van der Waals surface area contributed by atoms with E-state index >= 15 is 0 Å². The zero-order valence-electron chi connectivity index (χ0n) is 12.1. The van der Waals surface area contributed by atoms with Gasteiger partial charge < -0.3 is 16.4 Å². The minimum absolute atomic E-state index is 0.00759. The number of likely N-dealkylation sites (N-methyl/N-ethyl adjacent to an activating group) is 1. The predicted octanol–water partition coefficient (Wildman–Crippen LogP) is 2.32. The van der Waals surface area contributed by atoms with Crippen molar-refractivity contribution in [1.29, 1.82) is 0 Å². The molecule has 19 heavy (non-hydrogen) atoms. The summed E-state index contributed by atoms with van der Waals surface area (Å²) < 4.78 is 0. The van der Waals surface area contributed by atoms with Crippen molar-refractivity contribution < 1.29 is 0 Å². The molecule has 4 N–H and O–H groups in total. The van der Waals surface area contributed by atoms with E-state index in [2.05, 4.69) is 24.0 Å². The van der Waals surface area contributed by atoms with Crippen LogP contribution in [-0.2, 0) is 0 Å². The molecular weight excluding hydrogens is 236 g/mol. The quantitative estimate of drug-likeness (QED) is 0.820. The van der Waals surface area contributed by atoms with Crippen LogP contribution in [0.1, 0.15) is 50.1 Å². The number of nitrogens with zero attached hydrogens (tertiary/aromatic N) is 2. The number of nitrogen functional groups attached to an aromatic ring is 1. The molecule has 1 saturated carbocycles. The maximum atomic E-state index is 6.61. The summed E-state index contributed by atoms with van der Waals surface area (Å²) in [5.74, 6) is 0. The van der Waals surface area contributed by atoms with E-state index in [1.165, 1.54) is 25.7 Å². The fraction of sp³-hybridized carbons (Fsp3) is 0.667. The summed E-state index contributed by atoms with van der Waals surface area (Å²) in [6.07, 6.45) is 10.9. The van der Waals surface area contributed by atoms with Crippen LogP contribution in [0.5, 0.6) is 0 Å². The van der Waals surface area contributed by atoms with Crippen LogP contribution < -0.4 is 11.5 Å². The van der Waals surface area contributed by atoms with Crippen molar-refractivity contribution in [3.63, 3.8) is 0 Å². The van der Waals surface area contributed by atoms with E-state index in [1.807, 2.05) is 12.3 Å². The maximum Gasteiger partial charge on any atom is 0.0517 e. The summed E-state index contributed by atoms with van der Waals surface area (Å²) in [6.45, 7) is 0. The highest BCUT2D eigenvalue weighted by molar-refractivity contribution is 5.47. The summed E-state index contributed by atoms with van der Waals surface area (Å²) in [7, 11) is 4.27. The molecule has 1 aromatic heterocycles. The van der Waals surface area contributed by atoms with Crippen molar-refractivity contribution in [1.82, 2.24) is 9.88 Å². The van der Waals surface area contributed by atoms with Crippen LogP contribution in [0, 0.1) is 0 Å². The lowest BCUT2D eigenvalue weighted by Crippen LogP contribution is -2.52. The van der Waals surface area contributed by atoms with Gasteiger partial charge in [0, 0.05) is 29.2 Å². The minimum Gasteiger partial charge on any atom is -0.398 e. The van der Waals surface area contributed by atoms with E-state index in [0.717, 1.165) is 24.1 Å². The first kappa shape index (κ1) is 14.3. The van der Waals surface area contributed by atoms with E-state index in [-0.39, 0.29) is 11.6 Å². The lowest BCUT2D eigenvalue weighted by atomic mass is 9.78. The zero-order chi connectivity index (χ0) is 13.9. The first-order chi connectivity index (χ1) is 9.08. The van der Waals surface area contributed by atoms with Gasteiger partial charge in [-0.3, -0.25) is 4.98 Å². The molecule has 0 radical (unpaired) electrons. The van der Waals surface area contributed by atoms with Gasteiger partial charge >= 0.3 is 0 Å². The molecule has 1 aromatic rings. The first-order valence-corrected chi connectivity index (χ1v) is 7.20. The Labute approximate surface area is 116 Å². The van der Waals surface area contributed by atoms with Gasteiger partial charge in [0.15, 0.2) is 0 Å². The van der Waals surface area contributed by atoms with Gasteiger partial charge in [0.05, 0.1) is 6.04 Å². The smallest absolute Gasteiger partial charge is 0.0517 e. The van der Waals surface area contributed by atoms with Crippen LogP contribution >= 0.6 is 0 Å².